The molecule has 0 spiro atoms. The summed E-state index contributed by atoms with van der Waals surface area (Å²) in [5.74, 6) is -0.404. The number of hydrogen-bond acceptors (Lipinski definition) is 5. The van der Waals surface area contributed by atoms with Gasteiger partial charge in [0.05, 0.1) is 4.91 Å². The third kappa shape index (κ3) is 3.98. The molecule has 7 heteroatoms. The number of thioether (sulfide) groups is 1. The van der Waals surface area contributed by atoms with Gasteiger partial charge < -0.3 is 5.32 Å². The van der Waals surface area contributed by atoms with E-state index in [4.69, 9.17) is 0 Å². The number of thiophene rings is 1. The molecule has 0 aromatic carbocycles. The van der Waals surface area contributed by atoms with E-state index in [0.29, 0.717) is 4.91 Å². The van der Waals surface area contributed by atoms with E-state index in [2.05, 4.69) is 5.32 Å². The summed E-state index contributed by atoms with van der Waals surface area (Å²) in [4.78, 5) is 38.3. The molecule has 1 atom stereocenters. The van der Waals surface area contributed by atoms with Gasteiger partial charge in [-0.1, -0.05) is 19.9 Å². The topological polar surface area (TPSA) is 66.5 Å². The van der Waals surface area contributed by atoms with Crippen molar-refractivity contribution >= 4 is 46.2 Å². The molecule has 0 saturated carbocycles. The van der Waals surface area contributed by atoms with Crippen molar-refractivity contribution in [3.05, 3.63) is 27.3 Å². The van der Waals surface area contributed by atoms with Crippen LogP contribution in [0.3, 0.4) is 0 Å². The molecule has 1 fully saturated rings. The second-order valence-corrected chi connectivity index (χ2v) is 6.92. The average molecular weight is 338 g/mol. The minimum Gasteiger partial charge on any atom is -0.354 e. The highest BCUT2D eigenvalue weighted by molar-refractivity contribution is 8.18. The standard InChI is InChI=1S/C15H18N2O3S2/c1-3-10(2)13(18)16-6-7-17-14(19)12(22-15(17)20)9-11-5-4-8-21-11/h4-5,8-10H,3,6-7H2,1-2H3,(H,16,18). The molecule has 0 radical (unpaired) electrons. The van der Waals surface area contributed by atoms with Crippen LogP contribution in [0.4, 0.5) is 4.79 Å². The Labute approximate surface area is 137 Å². The van der Waals surface area contributed by atoms with Gasteiger partial charge in [0.25, 0.3) is 11.1 Å². The Hall–Kier alpha value is -1.60. The Morgan fingerprint density at radius 3 is 2.86 bits per heavy atom. The highest BCUT2D eigenvalue weighted by atomic mass is 32.2. The van der Waals surface area contributed by atoms with Crippen molar-refractivity contribution in [2.24, 2.45) is 5.92 Å². The predicted molar refractivity (Wildman–Crippen MR) is 89.5 cm³/mol. The highest BCUT2D eigenvalue weighted by Crippen LogP contribution is 2.32. The summed E-state index contributed by atoms with van der Waals surface area (Å²) >= 11 is 2.46. The lowest BCUT2D eigenvalue weighted by molar-refractivity contribution is -0.126. The maximum absolute atomic E-state index is 12.2. The molecule has 1 unspecified atom stereocenters. The van der Waals surface area contributed by atoms with Gasteiger partial charge in [0.1, 0.15) is 0 Å². The largest absolute Gasteiger partial charge is 0.354 e. The maximum Gasteiger partial charge on any atom is 0.293 e. The third-order valence-corrected chi connectivity index (χ3v) is 5.11. The molecule has 2 rings (SSSR count). The first-order valence-electron chi connectivity index (χ1n) is 7.09. The van der Waals surface area contributed by atoms with Gasteiger partial charge in [-0.25, -0.2) is 0 Å². The van der Waals surface area contributed by atoms with Gasteiger partial charge in [-0.3, -0.25) is 19.3 Å². The van der Waals surface area contributed by atoms with E-state index in [1.165, 1.54) is 16.2 Å². The molecule has 22 heavy (non-hydrogen) atoms. The molecule has 1 aliphatic rings. The number of rotatable bonds is 6. The van der Waals surface area contributed by atoms with Crippen LogP contribution in [-0.4, -0.2) is 35.0 Å². The van der Waals surface area contributed by atoms with Crippen LogP contribution in [0.5, 0.6) is 0 Å². The summed E-state index contributed by atoms with van der Waals surface area (Å²) in [6.07, 6.45) is 2.49. The Balaban J connectivity index is 1.91. The molecule has 118 valence electrons. The van der Waals surface area contributed by atoms with Gasteiger partial charge in [-0.15, -0.1) is 11.3 Å². The summed E-state index contributed by atoms with van der Waals surface area (Å²) in [5.41, 5.74) is 0. The van der Waals surface area contributed by atoms with E-state index in [1.807, 2.05) is 31.4 Å². The molecular formula is C15H18N2O3S2. The Morgan fingerprint density at radius 2 is 2.23 bits per heavy atom. The first-order valence-corrected chi connectivity index (χ1v) is 8.79. The molecule has 3 amide bonds. The molecule has 1 aromatic rings. The smallest absolute Gasteiger partial charge is 0.293 e. The number of hydrogen-bond donors (Lipinski definition) is 1. The number of imide groups is 1. The quantitative estimate of drug-likeness (QED) is 0.810. The van der Waals surface area contributed by atoms with E-state index < -0.39 is 0 Å². The van der Waals surface area contributed by atoms with Gasteiger partial charge in [0.15, 0.2) is 0 Å². The van der Waals surface area contributed by atoms with Gasteiger partial charge in [-0.2, -0.15) is 0 Å². The highest BCUT2D eigenvalue weighted by Gasteiger charge is 2.34. The van der Waals surface area contributed by atoms with Crippen molar-refractivity contribution in [2.45, 2.75) is 20.3 Å². The fourth-order valence-corrected chi connectivity index (χ4v) is 3.43. The average Bonchev–Trinajstić information content (AvgIpc) is 3.10. The molecule has 1 aromatic heterocycles. The van der Waals surface area contributed by atoms with E-state index in [1.54, 1.807) is 6.08 Å². The van der Waals surface area contributed by atoms with E-state index in [0.717, 1.165) is 23.1 Å². The Bertz CT molecular complexity index is 596. The number of carbonyl (C=O) groups excluding carboxylic acids is 3. The van der Waals surface area contributed by atoms with Crippen molar-refractivity contribution in [1.29, 1.82) is 0 Å². The molecule has 0 aliphatic carbocycles. The maximum atomic E-state index is 12.2. The van der Waals surface area contributed by atoms with Crippen LogP contribution in [0.25, 0.3) is 6.08 Å². The number of nitrogens with zero attached hydrogens (tertiary/aromatic N) is 1. The van der Waals surface area contributed by atoms with Gasteiger partial charge in [0, 0.05) is 23.9 Å². The number of carbonyl (C=O) groups is 3. The van der Waals surface area contributed by atoms with Crippen molar-refractivity contribution in [3.63, 3.8) is 0 Å². The monoisotopic (exact) mass is 338 g/mol. The van der Waals surface area contributed by atoms with Crippen LogP contribution in [0.1, 0.15) is 25.1 Å². The van der Waals surface area contributed by atoms with Crippen molar-refractivity contribution in [1.82, 2.24) is 10.2 Å². The van der Waals surface area contributed by atoms with Crippen molar-refractivity contribution < 1.29 is 14.4 Å². The zero-order valence-electron chi connectivity index (χ0n) is 12.5. The SMILES string of the molecule is CCC(C)C(=O)NCCN1C(=O)SC(=Cc2cccs2)C1=O. The molecule has 2 heterocycles. The van der Waals surface area contributed by atoms with Crippen LogP contribution in [0, 0.1) is 5.92 Å². The summed E-state index contributed by atoms with van der Waals surface area (Å²) < 4.78 is 0. The number of amides is 3. The molecule has 0 bridgehead atoms. The summed E-state index contributed by atoms with van der Waals surface area (Å²) in [5, 5.41) is 4.38. The van der Waals surface area contributed by atoms with E-state index in [9.17, 15) is 14.4 Å². The van der Waals surface area contributed by atoms with Crippen molar-refractivity contribution in [2.75, 3.05) is 13.1 Å². The molecule has 1 N–H and O–H groups in total. The molecular weight excluding hydrogens is 320 g/mol. The molecule has 5 nitrogen and oxygen atoms in total. The predicted octanol–water partition coefficient (Wildman–Crippen LogP) is 2.95. The lowest BCUT2D eigenvalue weighted by Gasteiger charge is -2.14. The van der Waals surface area contributed by atoms with Crippen LogP contribution >= 0.6 is 23.1 Å². The van der Waals surface area contributed by atoms with Crippen molar-refractivity contribution in [3.8, 4) is 0 Å². The third-order valence-electron chi connectivity index (χ3n) is 3.38. The first-order chi connectivity index (χ1) is 10.5. The zero-order chi connectivity index (χ0) is 16.1. The molecule has 1 aliphatic heterocycles. The minimum absolute atomic E-state index is 0.0522. The zero-order valence-corrected chi connectivity index (χ0v) is 14.1. The second-order valence-electron chi connectivity index (χ2n) is 4.95. The molecule has 1 saturated heterocycles. The Morgan fingerprint density at radius 1 is 1.45 bits per heavy atom. The number of nitrogens with one attached hydrogen (secondary N) is 1. The fourth-order valence-electron chi connectivity index (χ4n) is 1.85. The summed E-state index contributed by atoms with van der Waals surface area (Å²) in [6.45, 7) is 4.28. The lowest BCUT2D eigenvalue weighted by Crippen LogP contribution is -2.38. The minimum atomic E-state index is -0.291. The fraction of sp³-hybridized carbons (Fsp3) is 0.400. The second kappa shape index (κ2) is 7.60. The lowest BCUT2D eigenvalue weighted by atomic mass is 10.1. The van der Waals surface area contributed by atoms with Gasteiger partial charge >= 0.3 is 0 Å². The van der Waals surface area contributed by atoms with Gasteiger partial charge in [-0.05, 0) is 35.7 Å². The van der Waals surface area contributed by atoms with Crippen LogP contribution < -0.4 is 5.32 Å². The summed E-state index contributed by atoms with van der Waals surface area (Å²) in [7, 11) is 0. The van der Waals surface area contributed by atoms with Crippen LogP contribution in [0.2, 0.25) is 0 Å². The van der Waals surface area contributed by atoms with Gasteiger partial charge in [0.2, 0.25) is 5.91 Å². The normalized spacial score (nSPS) is 18.1. The summed E-state index contributed by atoms with van der Waals surface area (Å²) in [6, 6.07) is 3.79. The Kier molecular flexibility index (Phi) is 5.79. The van der Waals surface area contributed by atoms with E-state index >= 15 is 0 Å². The first kappa shape index (κ1) is 16.8. The van der Waals surface area contributed by atoms with Crippen LogP contribution in [-0.2, 0) is 9.59 Å². The van der Waals surface area contributed by atoms with E-state index in [-0.39, 0.29) is 36.1 Å². The van der Waals surface area contributed by atoms with Crippen LogP contribution in [0.15, 0.2) is 22.4 Å².